The number of piperidine rings is 1. The van der Waals surface area contributed by atoms with E-state index in [4.69, 9.17) is 0 Å². The quantitative estimate of drug-likeness (QED) is 0.896. The zero-order chi connectivity index (χ0) is 13.1. The molecule has 2 rings (SSSR count). The van der Waals surface area contributed by atoms with E-state index in [1.807, 2.05) is 7.05 Å². The van der Waals surface area contributed by atoms with E-state index in [0.29, 0.717) is 18.7 Å². The van der Waals surface area contributed by atoms with E-state index in [1.54, 1.807) is 0 Å². The maximum atomic E-state index is 13.4. The Morgan fingerprint density at radius 2 is 1.89 bits per heavy atom. The number of halogens is 3. The molecule has 0 radical (unpaired) electrons. The summed E-state index contributed by atoms with van der Waals surface area (Å²) < 4.78 is 39.6. The molecule has 1 N–H and O–H groups in total. The van der Waals surface area contributed by atoms with Gasteiger partial charge < -0.3 is 10.2 Å². The van der Waals surface area contributed by atoms with Crippen molar-refractivity contribution < 1.29 is 13.2 Å². The van der Waals surface area contributed by atoms with Gasteiger partial charge in [0.2, 0.25) is 0 Å². The highest BCUT2D eigenvalue weighted by Crippen LogP contribution is 2.21. The lowest BCUT2D eigenvalue weighted by molar-refractivity contribution is 0.194. The Balaban J connectivity index is 2.01. The van der Waals surface area contributed by atoms with Gasteiger partial charge in [0, 0.05) is 24.7 Å². The van der Waals surface area contributed by atoms with Crippen LogP contribution in [-0.4, -0.2) is 31.1 Å². The first-order valence-corrected chi connectivity index (χ1v) is 6.16. The number of hydrogen-bond acceptors (Lipinski definition) is 2. The molecule has 1 fully saturated rings. The summed E-state index contributed by atoms with van der Waals surface area (Å²) in [6.45, 7) is 1.47. The Bertz CT molecular complexity index is 400. The number of likely N-dealkylation sites (N-methyl/N-ethyl adjacent to an activating group) is 1. The molecule has 18 heavy (non-hydrogen) atoms. The summed E-state index contributed by atoms with van der Waals surface area (Å²) in [6, 6.07) is 1.65. The van der Waals surface area contributed by atoms with Gasteiger partial charge in [-0.2, -0.15) is 0 Å². The number of nitrogens with zero attached hydrogens (tertiary/aromatic N) is 1. The highest BCUT2D eigenvalue weighted by Gasteiger charge is 2.20. The first-order chi connectivity index (χ1) is 8.58. The van der Waals surface area contributed by atoms with Crippen LogP contribution < -0.4 is 5.32 Å². The number of benzene rings is 1. The number of anilines is 1. The third-order valence-electron chi connectivity index (χ3n) is 3.44. The molecule has 0 spiro atoms. The Labute approximate surface area is 105 Å². The van der Waals surface area contributed by atoms with Crippen molar-refractivity contribution in [2.75, 3.05) is 25.5 Å². The molecule has 1 aromatic carbocycles. The van der Waals surface area contributed by atoms with Crippen LogP contribution in [0.15, 0.2) is 12.1 Å². The lowest BCUT2D eigenvalue weighted by Crippen LogP contribution is -2.41. The number of nitrogens with one attached hydrogen (secondary N) is 1. The van der Waals surface area contributed by atoms with Crippen molar-refractivity contribution in [2.24, 2.45) is 0 Å². The van der Waals surface area contributed by atoms with Gasteiger partial charge in [-0.1, -0.05) is 6.42 Å². The normalized spacial score (nSPS) is 21.0. The smallest absolute Gasteiger partial charge is 0.152 e. The Kier molecular flexibility index (Phi) is 4.11. The van der Waals surface area contributed by atoms with Gasteiger partial charge in [-0.3, -0.25) is 0 Å². The largest absolute Gasteiger partial charge is 0.379 e. The van der Waals surface area contributed by atoms with Gasteiger partial charge in [0.15, 0.2) is 11.6 Å². The molecule has 2 nitrogen and oxygen atoms in total. The maximum absolute atomic E-state index is 13.4. The summed E-state index contributed by atoms with van der Waals surface area (Å²) in [7, 11) is 2.00. The van der Waals surface area contributed by atoms with Crippen LogP contribution in [0.5, 0.6) is 0 Å². The third-order valence-corrected chi connectivity index (χ3v) is 3.44. The minimum absolute atomic E-state index is 0.240. The molecule has 0 aliphatic carbocycles. The van der Waals surface area contributed by atoms with Crippen molar-refractivity contribution >= 4 is 5.69 Å². The molecular weight excluding hydrogens is 241 g/mol. The van der Waals surface area contributed by atoms with Crippen LogP contribution >= 0.6 is 0 Å². The van der Waals surface area contributed by atoms with Crippen molar-refractivity contribution in [2.45, 2.75) is 25.3 Å². The fourth-order valence-electron chi connectivity index (χ4n) is 2.33. The molecule has 0 saturated carbocycles. The van der Waals surface area contributed by atoms with E-state index in [-0.39, 0.29) is 11.7 Å². The average Bonchev–Trinajstić information content (AvgIpc) is 2.30. The van der Waals surface area contributed by atoms with Crippen molar-refractivity contribution in [3.8, 4) is 0 Å². The molecule has 1 aliphatic heterocycles. The van der Waals surface area contributed by atoms with E-state index in [2.05, 4.69) is 10.2 Å². The fourth-order valence-corrected chi connectivity index (χ4v) is 2.33. The molecular formula is C13H17F3N2. The molecule has 1 saturated heterocycles. The Morgan fingerprint density at radius 1 is 1.22 bits per heavy atom. The lowest BCUT2D eigenvalue weighted by atomic mass is 10.0. The van der Waals surface area contributed by atoms with Crippen molar-refractivity contribution in [3.63, 3.8) is 0 Å². The second-order valence-corrected chi connectivity index (χ2v) is 4.76. The summed E-state index contributed by atoms with van der Waals surface area (Å²) in [5.41, 5.74) is -0.240. The van der Waals surface area contributed by atoms with Crippen LogP contribution in [0, 0.1) is 17.5 Å². The summed E-state index contributed by atoms with van der Waals surface area (Å²) in [5, 5.41) is 2.75. The highest BCUT2D eigenvalue weighted by molar-refractivity contribution is 5.46. The Morgan fingerprint density at radius 3 is 2.50 bits per heavy atom. The number of likely N-dealkylation sites (tertiary alicyclic amines) is 1. The van der Waals surface area contributed by atoms with Crippen molar-refractivity contribution in [1.29, 1.82) is 0 Å². The molecule has 0 bridgehead atoms. The summed E-state index contributed by atoms with van der Waals surface area (Å²) >= 11 is 0. The first-order valence-electron chi connectivity index (χ1n) is 6.16. The first kappa shape index (κ1) is 13.2. The minimum atomic E-state index is -0.898. The lowest BCUT2D eigenvalue weighted by Gasteiger charge is -2.32. The second-order valence-electron chi connectivity index (χ2n) is 4.76. The molecule has 100 valence electrons. The van der Waals surface area contributed by atoms with Gasteiger partial charge in [0.05, 0.1) is 0 Å². The van der Waals surface area contributed by atoms with Gasteiger partial charge in [-0.05, 0) is 26.4 Å². The molecule has 1 unspecified atom stereocenters. The van der Waals surface area contributed by atoms with Crippen molar-refractivity contribution in [3.05, 3.63) is 29.6 Å². The number of rotatable bonds is 3. The zero-order valence-electron chi connectivity index (χ0n) is 10.3. The predicted molar refractivity (Wildman–Crippen MR) is 65.1 cm³/mol. The van der Waals surface area contributed by atoms with Gasteiger partial charge in [-0.25, -0.2) is 13.2 Å². The fraction of sp³-hybridized carbons (Fsp3) is 0.538. The molecule has 1 atom stereocenters. The maximum Gasteiger partial charge on any atom is 0.152 e. The topological polar surface area (TPSA) is 15.3 Å². The summed E-state index contributed by atoms with van der Waals surface area (Å²) in [4.78, 5) is 2.18. The highest BCUT2D eigenvalue weighted by atomic mass is 19.1. The average molecular weight is 258 g/mol. The van der Waals surface area contributed by atoms with E-state index in [1.165, 1.54) is 0 Å². The molecule has 5 heteroatoms. The predicted octanol–water partition coefficient (Wildman–Crippen LogP) is 3.00. The summed E-state index contributed by atoms with van der Waals surface area (Å²) in [6.07, 6.45) is 3.30. The van der Waals surface area contributed by atoms with Crippen molar-refractivity contribution in [1.82, 2.24) is 4.90 Å². The Hall–Kier alpha value is -1.23. The minimum Gasteiger partial charge on any atom is -0.379 e. The van der Waals surface area contributed by atoms with E-state index >= 15 is 0 Å². The monoisotopic (exact) mass is 258 g/mol. The molecule has 1 aliphatic rings. The van der Waals surface area contributed by atoms with Crippen LogP contribution in [0.4, 0.5) is 18.9 Å². The number of hydrogen-bond donors (Lipinski definition) is 1. The van der Waals surface area contributed by atoms with E-state index in [9.17, 15) is 13.2 Å². The molecule has 0 amide bonds. The van der Waals surface area contributed by atoms with Gasteiger partial charge in [-0.15, -0.1) is 0 Å². The second kappa shape index (κ2) is 5.61. The van der Waals surface area contributed by atoms with Crippen LogP contribution in [0.2, 0.25) is 0 Å². The standard InChI is InChI=1S/C13H17F3N2/c1-18-5-3-2-4-10(18)8-17-13-11(15)6-9(14)7-12(13)16/h6-7,10,17H,2-5,8H2,1H3. The van der Waals surface area contributed by atoms with Crippen LogP contribution in [0.3, 0.4) is 0 Å². The van der Waals surface area contributed by atoms with Gasteiger partial charge >= 0.3 is 0 Å². The third kappa shape index (κ3) is 2.96. The van der Waals surface area contributed by atoms with E-state index < -0.39 is 17.5 Å². The van der Waals surface area contributed by atoms with Crippen LogP contribution in [0.25, 0.3) is 0 Å². The molecule has 1 heterocycles. The van der Waals surface area contributed by atoms with Gasteiger partial charge in [0.1, 0.15) is 11.5 Å². The van der Waals surface area contributed by atoms with Crippen LogP contribution in [-0.2, 0) is 0 Å². The summed E-state index contributed by atoms with van der Waals surface area (Å²) in [5.74, 6) is -2.66. The van der Waals surface area contributed by atoms with E-state index in [0.717, 1.165) is 25.8 Å². The zero-order valence-corrected chi connectivity index (χ0v) is 10.3. The SMILES string of the molecule is CN1CCCCC1CNc1c(F)cc(F)cc1F. The molecule has 0 aromatic heterocycles. The van der Waals surface area contributed by atoms with Crippen LogP contribution in [0.1, 0.15) is 19.3 Å². The van der Waals surface area contributed by atoms with Gasteiger partial charge in [0.25, 0.3) is 0 Å². The molecule has 1 aromatic rings.